The molecular formula is C16H19N7. The Bertz CT molecular complexity index is 820. The van der Waals surface area contributed by atoms with E-state index in [1.54, 1.807) is 17.2 Å². The normalized spacial score (nSPS) is 14.6. The molecule has 4 rings (SSSR count). The summed E-state index contributed by atoms with van der Waals surface area (Å²) < 4.78 is 1.75. The zero-order chi connectivity index (χ0) is 15.6. The predicted octanol–water partition coefficient (Wildman–Crippen LogP) is 1.97. The van der Waals surface area contributed by atoms with Gasteiger partial charge < -0.3 is 10.2 Å². The van der Waals surface area contributed by atoms with E-state index < -0.39 is 0 Å². The summed E-state index contributed by atoms with van der Waals surface area (Å²) in [5, 5.41) is 8.55. The molecule has 3 aromatic heterocycles. The smallest absolute Gasteiger partial charge is 0.163 e. The Kier molecular flexibility index (Phi) is 3.53. The highest BCUT2D eigenvalue weighted by Crippen LogP contribution is 2.21. The maximum Gasteiger partial charge on any atom is 0.163 e. The number of nitrogens with one attached hydrogen (secondary N) is 1. The first kappa shape index (κ1) is 13.9. The molecule has 1 aliphatic heterocycles. The molecule has 0 unspecified atom stereocenters. The van der Waals surface area contributed by atoms with Gasteiger partial charge in [0.15, 0.2) is 5.65 Å². The van der Waals surface area contributed by atoms with Crippen molar-refractivity contribution in [3.05, 3.63) is 36.4 Å². The molecule has 0 bridgehead atoms. The minimum absolute atomic E-state index is 0.699. The van der Waals surface area contributed by atoms with Crippen LogP contribution in [0.3, 0.4) is 0 Å². The van der Waals surface area contributed by atoms with Crippen molar-refractivity contribution < 1.29 is 0 Å². The number of rotatable bonds is 4. The van der Waals surface area contributed by atoms with Crippen LogP contribution in [0.25, 0.3) is 11.0 Å². The van der Waals surface area contributed by atoms with Crippen LogP contribution >= 0.6 is 0 Å². The minimum Gasteiger partial charge on any atom is -0.365 e. The van der Waals surface area contributed by atoms with E-state index in [1.807, 2.05) is 19.3 Å². The molecule has 118 valence electrons. The number of fused-ring (bicyclic) bond motifs is 1. The fourth-order valence-electron chi connectivity index (χ4n) is 2.98. The molecule has 1 aliphatic rings. The molecule has 1 fully saturated rings. The number of nitrogens with zero attached hydrogens (tertiary/aromatic N) is 6. The summed E-state index contributed by atoms with van der Waals surface area (Å²) in [7, 11) is 1.88. The van der Waals surface area contributed by atoms with E-state index in [0.29, 0.717) is 6.54 Å². The first-order valence-electron chi connectivity index (χ1n) is 7.88. The highest BCUT2D eigenvalue weighted by Gasteiger charge is 2.13. The van der Waals surface area contributed by atoms with Crippen molar-refractivity contribution >= 4 is 22.7 Å². The van der Waals surface area contributed by atoms with Gasteiger partial charge in [-0.15, -0.1) is 0 Å². The molecule has 1 saturated heterocycles. The van der Waals surface area contributed by atoms with Gasteiger partial charge in [-0.1, -0.05) is 0 Å². The van der Waals surface area contributed by atoms with Crippen LogP contribution in [0.1, 0.15) is 18.4 Å². The van der Waals surface area contributed by atoms with Crippen molar-refractivity contribution in [2.45, 2.75) is 19.4 Å². The van der Waals surface area contributed by atoms with E-state index in [4.69, 9.17) is 0 Å². The molecule has 4 heterocycles. The molecule has 0 amide bonds. The fourth-order valence-corrected chi connectivity index (χ4v) is 2.98. The molecule has 7 nitrogen and oxygen atoms in total. The Morgan fingerprint density at radius 1 is 1.17 bits per heavy atom. The van der Waals surface area contributed by atoms with Crippen molar-refractivity contribution in [2.24, 2.45) is 7.05 Å². The van der Waals surface area contributed by atoms with E-state index in [1.165, 1.54) is 18.4 Å². The fraction of sp³-hybridized carbons (Fsp3) is 0.375. The summed E-state index contributed by atoms with van der Waals surface area (Å²) in [6.07, 6.45) is 7.74. The van der Waals surface area contributed by atoms with E-state index >= 15 is 0 Å². The maximum absolute atomic E-state index is 4.49. The molecule has 1 N–H and O–H groups in total. The molecule has 0 spiro atoms. The summed E-state index contributed by atoms with van der Waals surface area (Å²) in [5.74, 6) is 1.87. The third-order valence-electron chi connectivity index (χ3n) is 4.23. The zero-order valence-electron chi connectivity index (χ0n) is 13.1. The standard InChI is InChI=1S/C16H19N7/c1-22-16-13(10-21-22)15(19-11-20-16)18-9-12-4-5-17-14(8-12)23-6-2-3-7-23/h4-5,8,10-11H,2-3,6-7,9H2,1H3,(H,18,19,20). The molecular weight excluding hydrogens is 290 g/mol. The molecule has 0 saturated carbocycles. The van der Waals surface area contributed by atoms with Crippen molar-refractivity contribution in [3.63, 3.8) is 0 Å². The number of aryl methyl sites for hydroxylation is 1. The number of anilines is 2. The van der Waals surface area contributed by atoms with E-state index in [2.05, 4.69) is 36.3 Å². The van der Waals surface area contributed by atoms with Gasteiger partial charge in [-0.25, -0.2) is 15.0 Å². The quantitative estimate of drug-likeness (QED) is 0.794. The molecule has 0 radical (unpaired) electrons. The van der Waals surface area contributed by atoms with E-state index in [0.717, 1.165) is 35.8 Å². The summed E-state index contributed by atoms with van der Waals surface area (Å²) in [6.45, 7) is 2.91. The average molecular weight is 309 g/mol. The van der Waals surface area contributed by atoms with Gasteiger partial charge in [-0.3, -0.25) is 4.68 Å². The minimum atomic E-state index is 0.699. The Morgan fingerprint density at radius 2 is 2.04 bits per heavy atom. The Labute approximate surface area is 134 Å². The molecule has 23 heavy (non-hydrogen) atoms. The number of pyridine rings is 1. The van der Waals surface area contributed by atoms with Gasteiger partial charge in [0.25, 0.3) is 0 Å². The largest absolute Gasteiger partial charge is 0.365 e. The van der Waals surface area contributed by atoms with Crippen molar-refractivity contribution in [1.29, 1.82) is 0 Å². The second-order valence-electron chi connectivity index (χ2n) is 5.80. The third kappa shape index (κ3) is 2.69. The molecule has 0 aliphatic carbocycles. The predicted molar refractivity (Wildman–Crippen MR) is 89.3 cm³/mol. The van der Waals surface area contributed by atoms with Crippen LogP contribution in [-0.2, 0) is 13.6 Å². The molecule has 0 atom stereocenters. The van der Waals surface area contributed by atoms with Gasteiger partial charge in [0.05, 0.1) is 11.6 Å². The summed E-state index contributed by atoms with van der Waals surface area (Å²) in [4.78, 5) is 15.4. The Balaban J connectivity index is 1.53. The first-order valence-corrected chi connectivity index (χ1v) is 7.88. The Hall–Kier alpha value is -2.70. The molecule has 0 aromatic carbocycles. The van der Waals surface area contributed by atoms with Gasteiger partial charge in [-0.2, -0.15) is 5.10 Å². The monoisotopic (exact) mass is 309 g/mol. The first-order chi connectivity index (χ1) is 11.3. The van der Waals surface area contributed by atoms with Crippen molar-refractivity contribution in [2.75, 3.05) is 23.3 Å². The lowest BCUT2D eigenvalue weighted by Crippen LogP contribution is -2.19. The summed E-state index contributed by atoms with van der Waals surface area (Å²) in [5.41, 5.74) is 2.02. The lowest BCUT2D eigenvalue weighted by molar-refractivity contribution is 0.785. The van der Waals surface area contributed by atoms with Crippen molar-refractivity contribution in [3.8, 4) is 0 Å². The average Bonchev–Trinajstić information content (AvgIpc) is 3.24. The lowest BCUT2D eigenvalue weighted by Gasteiger charge is -2.17. The van der Waals surface area contributed by atoms with Gasteiger partial charge in [0, 0.05) is 32.9 Å². The van der Waals surface area contributed by atoms with Crippen LogP contribution in [0, 0.1) is 0 Å². The molecule has 3 aromatic rings. The van der Waals surface area contributed by atoms with Crippen LogP contribution in [0.4, 0.5) is 11.6 Å². The van der Waals surface area contributed by atoms with Gasteiger partial charge in [0.1, 0.15) is 18.0 Å². The number of hydrogen-bond donors (Lipinski definition) is 1. The van der Waals surface area contributed by atoms with Crippen LogP contribution in [0.5, 0.6) is 0 Å². The lowest BCUT2D eigenvalue weighted by atomic mass is 10.2. The number of hydrogen-bond acceptors (Lipinski definition) is 6. The van der Waals surface area contributed by atoms with Gasteiger partial charge in [-0.05, 0) is 30.5 Å². The van der Waals surface area contributed by atoms with Gasteiger partial charge in [0.2, 0.25) is 0 Å². The second-order valence-corrected chi connectivity index (χ2v) is 5.80. The summed E-state index contributed by atoms with van der Waals surface area (Å²) in [6, 6.07) is 4.19. The third-order valence-corrected chi connectivity index (χ3v) is 4.23. The summed E-state index contributed by atoms with van der Waals surface area (Å²) >= 11 is 0. The number of aromatic nitrogens is 5. The van der Waals surface area contributed by atoms with Gasteiger partial charge >= 0.3 is 0 Å². The highest BCUT2D eigenvalue weighted by atomic mass is 15.3. The van der Waals surface area contributed by atoms with E-state index in [-0.39, 0.29) is 0 Å². The highest BCUT2D eigenvalue weighted by molar-refractivity contribution is 5.85. The van der Waals surface area contributed by atoms with Crippen molar-refractivity contribution in [1.82, 2.24) is 24.7 Å². The SMILES string of the molecule is Cn1ncc2c(NCc3ccnc(N4CCCC4)c3)ncnc21. The second kappa shape index (κ2) is 5.83. The topological polar surface area (TPSA) is 71.8 Å². The Morgan fingerprint density at radius 3 is 2.91 bits per heavy atom. The van der Waals surface area contributed by atoms with Crippen LogP contribution in [0.2, 0.25) is 0 Å². The zero-order valence-corrected chi connectivity index (χ0v) is 13.1. The molecule has 7 heteroatoms. The van der Waals surface area contributed by atoms with E-state index in [9.17, 15) is 0 Å². The van der Waals surface area contributed by atoms with Crippen LogP contribution in [-0.4, -0.2) is 37.8 Å². The van der Waals surface area contributed by atoms with Crippen LogP contribution in [0.15, 0.2) is 30.9 Å². The van der Waals surface area contributed by atoms with Crippen LogP contribution < -0.4 is 10.2 Å². The maximum atomic E-state index is 4.49.